The van der Waals surface area contributed by atoms with Crippen molar-refractivity contribution in [2.45, 2.75) is 12.5 Å². The van der Waals surface area contributed by atoms with E-state index in [1.165, 1.54) is 5.56 Å². The Kier molecular flexibility index (Phi) is 3.97. The Hall–Kier alpha value is -2.20. The van der Waals surface area contributed by atoms with Gasteiger partial charge in [-0.2, -0.15) is 0 Å². The zero-order chi connectivity index (χ0) is 14.7. The van der Waals surface area contributed by atoms with Crippen LogP contribution >= 0.6 is 0 Å². The number of methoxy groups -OCH3 is 1. The fraction of sp³-hybridized carbons (Fsp3) is 0.294. The average Bonchev–Trinajstić information content (AvgIpc) is 2.96. The second-order valence-electron chi connectivity index (χ2n) is 5.03. The van der Waals surface area contributed by atoms with Crippen LogP contribution in [0.2, 0.25) is 0 Å². The maximum absolute atomic E-state index is 5.97. The zero-order valence-electron chi connectivity index (χ0n) is 12.0. The number of hydrogen-bond acceptors (Lipinski definition) is 4. The van der Waals surface area contributed by atoms with Crippen LogP contribution in [0.4, 0.5) is 0 Å². The first-order valence-electron chi connectivity index (χ1n) is 7.03. The number of ether oxygens (including phenoxy) is 3. The first kappa shape index (κ1) is 13.8. The summed E-state index contributed by atoms with van der Waals surface area (Å²) >= 11 is 0. The van der Waals surface area contributed by atoms with Crippen molar-refractivity contribution in [2.24, 2.45) is 5.73 Å². The number of benzene rings is 2. The average molecular weight is 285 g/mol. The highest BCUT2D eigenvalue weighted by atomic mass is 16.5. The molecule has 0 saturated heterocycles. The summed E-state index contributed by atoms with van der Waals surface area (Å²) in [5, 5.41) is 0. The van der Waals surface area contributed by atoms with Crippen LogP contribution in [0, 0.1) is 0 Å². The Morgan fingerprint density at radius 3 is 2.90 bits per heavy atom. The summed E-state index contributed by atoms with van der Waals surface area (Å²) < 4.78 is 16.9. The van der Waals surface area contributed by atoms with Gasteiger partial charge in [-0.15, -0.1) is 0 Å². The van der Waals surface area contributed by atoms with Crippen molar-refractivity contribution >= 4 is 0 Å². The van der Waals surface area contributed by atoms with Gasteiger partial charge in [0.15, 0.2) is 0 Å². The Morgan fingerprint density at radius 2 is 2.10 bits per heavy atom. The number of fused-ring (bicyclic) bond motifs is 1. The fourth-order valence-electron chi connectivity index (χ4n) is 2.52. The van der Waals surface area contributed by atoms with Gasteiger partial charge in [-0.05, 0) is 12.1 Å². The topological polar surface area (TPSA) is 53.7 Å². The van der Waals surface area contributed by atoms with Gasteiger partial charge in [0.1, 0.15) is 17.2 Å². The van der Waals surface area contributed by atoms with Crippen LogP contribution in [0.1, 0.15) is 17.0 Å². The summed E-state index contributed by atoms with van der Waals surface area (Å²) in [5.74, 6) is 2.75. The molecule has 0 amide bonds. The summed E-state index contributed by atoms with van der Waals surface area (Å²) in [6.07, 6.45) is 0. The Bertz CT molecular complexity index is 627. The molecule has 0 saturated carbocycles. The van der Waals surface area contributed by atoms with E-state index in [2.05, 4.69) is 6.07 Å². The van der Waals surface area contributed by atoms with E-state index in [-0.39, 0.29) is 5.92 Å². The molecule has 1 atom stereocenters. The molecule has 0 aliphatic carbocycles. The molecule has 2 aromatic carbocycles. The Balaban J connectivity index is 1.74. The van der Waals surface area contributed by atoms with Gasteiger partial charge in [-0.25, -0.2) is 0 Å². The van der Waals surface area contributed by atoms with Crippen LogP contribution in [0.25, 0.3) is 0 Å². The van der Waals surface area contributed by atoms with Crippen LogP contribution in [0.3, 0.4) is 0 Å². The summed E-state index contributed by atoms with van der Waals surface area (Å²) in [5.41, 5.74) is 7.94. The monoisotopic (exact) mass is 285 g/mol. The lowest BCUT2D eigenvalue weighted by Crippen LogP contribution is -2.13. The van der Waals surface area contributed by atoms with Gasteiger partial charge >= 0.3 is 0 Å². The molecule has 110 valence electrons. The third-order valence-electron chi connectivity index (χ3n) is 3.73. The van der Waals surface area contributed by atoms with E-state index < -0.39 is 0 Å². The van der Waals surface area contributed by atoms with Gasteiger partial charge in [0.25, 0.3) is 0 Å². The highest BCUT2D eigenvalue weighted by molar-refractivity contribution is 5.42. The van der Waals surface area contributed by atoms with Gasteiger partial charge in [-0.3, -0.25) is 0 Å². The predicted molar refractivity (Wildman–Crippen MR) is 81.1 cm³/mol. The Morgan fingerprint density at radius 1 is 1.24 bits per heavy atom. The Labute approximate surface area is 124 Å². The maximum Gasteiger partial charge on any atom is 0.127 e. The molecular weight excluding hydrogens is 266 g/mol. The molecule has 0 aromatic heterocycles. The molecule has 1 aliphatic rings. The van der Waals surface area contributed by atoms with Crippen molar-refractivity contribution in [2.75, 3.05) is 20.3 Å². The molecule has 1 heterocycles. The quantitative estimate of drug-likeness (QED) is 0.917. The molecule has 4 heteroatoms. The van der Waals surface area contributed by atoms with Crippen molar-refractivity contribution in [3.05, 3.63) is 53.6 Å². The summed E-state index contributed by atoms with van der Waals surface area (Å²) in [7, 11) is 1.64. The van der Waals surface area contributed by atoms with E-state index in [0.717, 1.165) is 22.8 Å². The van der Waals surface area contributed by atoms with E-state index in [1.807, 2.05) is 36.4 Å². The van der Waals surface area contributed by atoms with Crippen LogP contribution in [-0.2, 0) is 6.54 Å². The van der Waals surface area contributed by atoms with E-state index in [9.17, 15) is 0 Å². The largest absolute Gasteiger partial charge is 0.497 e. The molecule has 3 rings (SSSR count). The smallest absolute Gasteiger partial charge is 0.127 e. The van der Waals surface area contributed by atoms with Crippen LogP contribution in [0.15, 0.2) is 42.5 Å². The van der Waals surface area contributed by atoms with E-state index in [4.69, 9.17) is 19.9 Å². The first-order chi connectivity index (χ1) is 10.3. The third-order valence-corrected chi connectivity index (χ3v) is 3.73. The van der Waals surface area contributed by atoms with Crippen LogP contribution in [-0.4, -0.2) is 20.3 Å². The minimum absolute atomic E-state index is 0.248. The van der Waals surface area contributed by atoms with Gasteiger partial charge in [0.05, 0.1) is 26.2 Å². The van der Waals surface area contributed by atoms with E-state index in [1.54, 1.807) is 7.11 Å². The van der Waals surface area contributed by atoms with E-state index >= 15 is 0 Å². The molecule has 21 heavy (non-hydrogen) atoms. The number of hydrogen-bond donors (Lipinski definition) is 1. The zero-order valence-corrected chi connectivity index (χ0v) is 12.0. The minimum atomic E-state index is 0.248. The van der Waals surface area contributed by atoms with Gasteiger partial charge in [0, 0.05) is 23.7 Å². The van der Waals surface area contributed by atoms with Crippen molar-refractivity contribution in [3.8, 4) is 17.2 Å². The fourth-order valence-corrected chi connectivity index (χ4v) is 2.52. The number of nitrogens with two attached hydrogens (primary N) is 1. The molecule has 1 unspecified atom stereocenters. The van der Waals surface area contributed by atoms with Crippen molar-refractivity contribution in [3.63, 3.8) is 0 Å². The van der Waals surface area contributed by atoms with E-state index in [0.29, 0.717) is 19.8 Å². The summed E-state index contributed by atoms with van der Waals surface area (Å²) in [6, 6.07) is 13.8. The highest BCUT2D eigenvalue weighted by Crippen LogP contribution is 2.34. The van der Waals surface area contributed by atoms with Gasteiger partial charge in [-0.1, -0.05) is 24.3 Å². The second kappa shape index (κ2) is 6.06. The molecule has 0 bridgehead atoms. The molecule has 2 N–H and O–H groups in total. The maximum atomic E-state index is 5.97. The normalized spacial score (nSPS) is 16.2. The number of para-hydroxylation sites is 1. The number of rotatable bonds is 5. The molecule has 0 spiro atoms. The second-order valence-corrected chi connectivity index (χ2v) is 5.03. The van der Waals surface area contributed by atoms with Crippen molar-refractivity contribution < 1.29 is 14.2 Å². The minimum Gasteiger partial charge on any atom is -0.497 e. The van der Waals surface area contributed by atoms with Crippen molar-refractivity contribution in [1.82, 2.24) is 0 Å². The molecule has 1 aliphatic heterocycles. The van der Waals surface area contributed by atoms with Crippen LogP contribution in [0.5, 0.6) is 17.2 Å². The van der Waals surface area contributed by atoms with Crippen LogP contribution < -0.4 is 19.9 Å². The van der Waals surface area contributed by atoms with Gasteiger partial charge < -0.3 is 19.9 Å². The third kappa shape index (κ3) is 2.81. The highest BCUT2D eigenvalue weighted by Gasteiger charge is 2.24. The lowest BCUT2D eigenvalue weighted by atomic mass is 10.0. The molecule has 2 aromatic rings. The molecule has 0 fully saturated rings. The predicted octanol–water partition coefficient (Wildman–Crippen LogP) is 2.71. The summed E-state index contributed by atoms with van der Waals surface area (Å²) in [6.45, 7) is 1.66. The van der Waals surface area contributed by atoms with Gasteiger partial charge in [0.2, 0.25) is 0 Å². The lowest BCUT2D eigenvalue weighted by Gasteiger charge is -2.15. The summed E-state index contributed by atoms with van der Waals surface area (Å²) in [4.78, 5) is 0. The lowest BCUT2D eigenvalue weighted by molar-refractivity contribution is 0.246. The molecule has 4 nitrogen and oxygen atoms in total. The first-order valence-corrected chi connectivity index (χ1v) is 7.03. The SMILES string of the molecule is COc1ccc(CN)c(OCC2COc3ccccc32)c1. The standard InChI is InChI=1S/C17H19NO3/c1-19-14-7-6-12(9-18)17(8-14)21-11-13-10-20-16-5-3-2-4-15(13)16/h2-8,13H,9-11,18H2,1H3. The van der Waals surface area contributed by atoms with Crippen molar-refractivity contribution in [1.29, 1.82) is 0 Å². The molecule has 0 radical (unpaired) electrons. The molecular formula is C17H19NO3.